The van der Waals surface area contributed by atoms with E-state index in [0.29, 0.717) is 12.8 Å². The lowest BCUT2D eigenvalue weighted by atomic mass is 9.98. The molecule has 0 fully saturated rings. The zero-order valence-electron chi connectivity index (χ0n) is 10.6. The molecule has 1 unspecified atom stereocenters. The highest BCUT2D eigenvalue weighted by atomic mass is 32.2. The van der Waals surface area contributed by atoms with Crippen LogP contribution in [-0.2, 0) is 9.84 Å². The summed E-state index contributed by atoms with van der Waals surface area (Å²) < 4.78 is 35.1. The molecule has 0 aliphatic rings. The first-order valence-electron chi connectivity index (χ1n) is 5.73. The predicted molar refractivity (Wildman–Crippen MR) is 70.1 cm³/mol. The van der Waals surface area contributed by atoms with E-state index >= 15 is 0 Å². The molecule has 0 amide bonds. The highest BCUT2D eigenvalue weighted by Crippen LogP contribution is 2.22. The van der Waals surface area contributed by atoms with Crippen molar-refractivity contribution < 1.29 is 12.8 Å². The molecule has 0 spiro atoms. The van der Waals surface area contributed by atoms with Crippen molar-refractivity contribution in [3.63, 3.8) is 0 Å². The van der Waals surface area contributed by atoms with Crippen LogP contribution in [0.25, 0.3) is 0 Å². The van der Waals surface area contributed by atoms with Crippen LogP contribution >= 0.6 is 0 Å². The summed E-state index contributed by atoms with van der Waals surface area (Å²) in [6.07, 6.45) is 2.32. The SMILES string of the molecule is Cc1cc(F)ccc1C(CCCS(C)(=O)=O)NN. The molecule has 0 aromatic heterocycles. The van der Waals surface area contributed by atoms with E-state index in [9.17, 15) is 12.8 Å². The van der Waals surface area contributed by atoms with Gasteiger partial charge in [0.25, 0.3) is 0 Å². The van der Waals surface area contributed by atoms with Gasteiger partial charge in [-0.05, 0) is 43.0 Å². The van der Waals surface area contributed by atoms with Crippen molar-refractivity contribution in [2.24, 2.45) is 5.84 Å². The minimum absolute atomic E-state index is 0.130. The number of benzene rings is 1. The van der Waals surface area contributed by atoms with Gasteiger partial charge >= 0.3 is 0 Å². The van der Waals surface area contributed by atoms with E-state index in [2.05, 4.69) is 5.43 Å². The Labute approximate surface area is 107 Å². The number of halogens is 1. The predicted octanol–water partition coefficient (Wildman–Crippen LogP) is 1.46. The van der Waals surface area contributed by atoms with Gasteiger partial charge in [0.1, 0.15) is 15.7 Å². The monoisotopic (exact) mass is 274 g/mol. The lowest BCUT2D eigenvalue weighted by Crippen LogP contribution is -2.29. The van der Waals surface area contributed by atoms with Crippen LogP contribution in [0.15, 0.2) is 18.2 Å². The van der Waals surface area contributed by atoms with Gasteiger partial charge in [0.05, 0.1) is 0 Å². The highest BCUT2D eigenvalue weighted by Gasteiger charge is 2.13. The van der Waals surface area contributed by atoms with E-state index in [1.54, 1.807) is 13.0 Å². The Balaban J connectivity index is 2.71. The molecule has 102 valence electrons. The molecule has 6 heteroatoms. The van der Waals surface area contributed by atoms with E-state index in [-0.39, 0.29) is 17.6 Å². The van der Waals surface area contributed by atoms with E-state index in [1.807, 2.05) is 0 Å². The van der Waals surface area contributed by atoms with Gasteiger partial charge in [-0.1, -0.05) is 6.07 Å². The van der Waals surface area contributed by atoms with Gasteiger partial charge in [0.2, 0.25) is 0 Å². The lowest BCUT2D eigenvalue weighted by Gasteiger charge is -2.18. The minimum Gasteiger partial charge on any atom is -0.271 e. The fourth-order valence-corrected chi connectivity index (χ4v) is 2.60. The number of hydrazine groups is 1. The molecule has 0 aliphatic carbocycles. The van der Waals surface area contributed by atoms with E-state index in [0.717, 1.165) is 11.1 Å². The highest BCUT2D eigenvalue weighted by molar-refractivity contribution is 7.90. The second kappa shape index (κ2) is 6.26. The van der Waals surface area contributed by atoms with Gasteiger partial charge in [0, 0.05) is 18.1 Å². The van der Waals surface area contributed by atoms with Crippen molar-refractivity contribution >= 4 is 9.84 Å². The number of nitrogens with two attached hydrogens (primary N) is 1. The molecule has 0 bridgehead atoms. The number of hydrogen-bond donors (Lipinski definition) is 2. The second-order valence-corrected chi connectivity index (χ2v) is 6.75. The molecular weight excluding hydrogens is 255 g/mol. The third kappa shape index (κ3) is 4.72. The first-order valence-corrected chi connectivity index (χ1v) is 7.79. The van der Waals surface area contributed by atoms with Crippen molar-refractivity contribution in [3.8, 4) is 0 Å². The summed E-state index contributed by atoms with van der Waals surface area (Å²) in [5.74, 6) is 5.31. The molecule has 1 rings (SSSR count). The first kappa shape index (κ1) is 15.1. The van der Waals surface area contributed by atoms with Gasteiger partial charge < -0.3 is 0 Å². The Hall–Kier alpha value is -0.980. The summed E-state index contributed by atoms with van der Waals surface area (Å²) in [7, 11) is -2.96. The quantitative estimate of drug-likeness (QED) is 0.608. The zero-order chi connectivity index (χ0) is 13.8. The van der Waals surface area contributed by atoms with Crippen LogP contribution in [0.5, 0.6) is 0 Å². The summed E-state index contributed by atoms with van der Waals surface area (Å²) in [4.78, 5) is 0. The lowest BCUT2D eigenvalue weighted by molar-refractivity contribution is 0.504. The Bertz CT molecular complexity index is 503. The third-order valence-electron chi connectivity index (χ3n) is 2.82. The maximum Gasteiger partial charge on any atom is 0.147 e. The van der Waals surface area contributed by atoms with Crippen molar-refractivity contribution in [3.05, 3.63) is 35.1 Å². The van der Waals surface area contributed by atoms with Crippen LogP contribution in [0.1, 0.15) is 30.0 Å². The Morgan fingerprint density at radius 1 is 1.44 bits per heavy atom. The molecule has 18 heavy (non-hydrogen) atoms. The van der Waals surface area contributed by atoms with E-state index < -0.39 is 9.84 Å². The molecule has 4 nitrogen and oxygen atoms in total. The molecule has 0 saturated carbocycles. The molecule has 1 atom stereocenters. The standard InChI is InChI=1S/C12H19FN2O2S/c1-9-8-10(13)5-6-11(9)12(15-14)4-3-7-18(2,16)17/h5-6,8,12,15H,3-4,7,14H2,1-2H3. The molecule has 0 aliphatic heterocycles. The van der Waals surface area contributed by atoms with Crippen LogP contribution < -0.4 is 11.3 Å². The molecule has 3 N–H and O–H groups in total. The zero-order valence-corrected chi connectivity index (χ0v) is 11.4. The molecule has 1 aromatic rings. The Kier molecular flexibility index (Phi) is 5.25. The number of rotatable bonds is 6. The van der Waals surface area contributed by atoms with Gasteiger partial charge in [-0.15, -0.1) is 0 Å². The van der Waals surface area contributed by atoms with Crippen LogP contribution in [0, 0.1) is 12.7 Å². The Morgan fingerprint density at radius 2 is 2.11 bits per heavy atom. The number of hydrogen-bond acceptors (Lipinski definition) is 4. The van der Waals surface area contributed by atoms with E-state index in [1.165, 1.54) is 18.4 Å². The van der Waals surface area contributed by atoms with Gasteiger partial charge in [-0.25, -0.2) is 12.8 Å². The smallest absolute Gasteiger partial charge is 0.147 e. The van der Waals surface area contributed by atoms with E-state index in [4.69, 9.17) is 5.84 Å². The average molecular weight is 274 g/mol. The maximum atomic E-state index is 13.0. The summed E-state index contributed by atoms with van der Waals surface area (Å²) in [5, 5.41) is 0. The summed E-state index contributed by atoms with van der Waals surface area (Å²) >= 11 is 0. The van der Waals surface area contributed by atoms with Crippen molar-refractivity contribution in [2.75, 3.05) is 12.0 Å². The summed E-state index contributed by atoms with van der Waals surface area (Å²) in [6.45, 7) is 1.80. The van der Waals surface area contributed by atoms with Gasteiger partial charge in [-0.3, -0.25) is 11.3 Å². The first-order chi connectivity index (χ1) is 8.33. The van der Waals surface area contributed by atoms with Gasteiger partial charge in [-0.2, -0.15) is 0 Å². The number of sulfone groups is 1. The fraction of sp³-hybridized carbons (Fsp3) is 0.500. The molecule has 0 heterocycles. The molecule has 0 radical (unpaired) electrons. The molecule has 0 saturated heterocycles. The summed E-state index contributed by atoms with van der Waals surface area (Å²) in [5.41, 5.74) is 4.35. The number of aryl methyl sites for hydroxylation is 1. The molecular formula is C12H19FN2O2S. The normalized spacial score (nSPS) is 13.6. The summed E-state index contributed by atoms with van der Waals surface area (Å²) in [6, 6.07) is 4.34. The molecule has 1 aromatic carbocycles. The van der Waals surface area contributed by atoms with Crippen LogP contribution in [-0.4, -0.2) is 20.4 Å². The maximum absolute atomic E-state index is 13.0. The second-order valence-electron chi connectivity index (χ2n) is 4.49. The van der Waals surface area contributed by atoms with Gasteiger partial charge in [0.15, 0.2) is 0 Å². The van der Waals surface area contributed by atoms with Crippen molar-refractivity contribution in [1.29, 1.82) is 0 Å². The van der Waals surface area contributed by atoms with Crippen LogP contribution in [0.4, 0.5) is 4.39 Å². The minimum atomic E-state index is -2.96. The average Bonchev–Trinajstić information content (AvgIpc) is 2.24. The fourth-order valence-electron chi connectivity index (χ4n) is 1.91. The van der Waals surface area contributed by atoms with Crippen LogP contribution in [0.2, 0.25) is 0 Å². The third-order valence-corrected chi connectivity index (χ3v) is 3.85. The van der Waals surface area contributed by atoms with Crippen LogP contribution in [0.3, 0.4) is 0 Å². The van der Waals surface area contributed by atoms with Crippen molar-refractivity contribution in [2.45, 2.75) is 25.8 Å². The topological polar surface area (TPSA) is 72.2 Å². The number of nitrogens with one attached hydrogen (secondary N) is 1. The Morgan fingerprint density at radius 3 is 2.61 bits per heavy atom. The largest absolute Gasteiger partial charge is 0.271 e. The van der Waals surface area contributed by atoms with Crippen molar-refractivity contribution in [1.82, 2.24) is 5.43 Å².